The van der Waals surface area contributed by atoms with Crippen LogP contribution in [-0.2, 0) is 6.42 Å². The zero-order valence-corrected chi connectivity index (χ0v) is 12.4. The van der Waals surface area contributed by atoms with Crippen LogP contribution in [0.3, 0.4) is 0 Å². The highest BCUT2D eigenvalue weighted by atomic mass is 79.9. The summed E-state index contributed by atoms with van der Waals surface area (Å²) in [4.78, 5) is 20.5. The Balaban J connectivity index is 2.13. The fourth-order valence-electron chi connectivity index (χ4n) is 1.80. The van der Waals surface area contributed by atoms with Crippen molar-refractivity contribution in [2.24, 2.45) is 0 Å². The van der Waals surface area contributed by atoms with E-state index in [1.165, 1.54) is 6.07 Å². The van der Waals surface area contributed by atoms with E-state index in [1.54, 1.807) is 30.5 Å². The van der Waals surface area contributed by atoms with Gasteiger partial charge in [0.2, 0.25) is 5.82 Å². The number of nitrogens with zero attached hydrogens (tertiary/aromatic N) is 4. The van der Waals surface area contributed by atoms with Crippen LogP contribution in [0.2, 0.25) is 0 Å². The zero-order valence-electron chi connectivity index (χ0n) is 10.9. The second-order valence-corrected chi connectivity index (χ2v) is 5.20. The molecule has 0 atom stereocenters. The normalized spacial score (nSPS) is 10.3. The van der Waals surface area contributed by atoms with E-state index in [2.05, 4.69) is 25.9 Å². The average molecular weight is 337 g/mol. The molecule has 0 fully saturated rings. The Morgan fingerprint density at radius 3 is 2.75 bits per heavy atom. The van der Waals surface area contributed by atoms with Gasteiger partial charge in [0.1, 0.15) is 0 Å². The molecular formula is C13H13BrN4O2. The lowest BCUT2D eigenvalue weighted by Gasteiger charge is -2.17. The molecule has 0 aliphatic rings. The highest BCUT2D eigenvalue weighted by Crippen LogP contribution is 2.27. The maximum Gasteiger partial charge on any atom is 0.312 e. The summed E-state index contributed by atoms with van der Waals surface area (Å²) in [6, 6.07) is 5.32. The quantitative estimate of drug-likeness (QED) is 0.620. The Kier molecular flexibility index (Phi) is 4.62. The fourth-order valence-corrected chi connectivity index (χ4v) is 2.12. The number of halogens is 1. The molecule has 6 nitrogen and oxygen atoms in total. The Bertz CT molecular complexity index is 607. The third-order valence-electron chi connectivity index (χ3n) is 2.86. The van der Waals surface area contributed by atoms with E-state index in [9.17, 15) is 10.1 Å². The average Bonchev–Trinajstić information content (AvgIpc) is 2.45. The maximum absolute atomic E-state index is 11.1. The molecule has 0 amide bonds. The van der Waals surface area contributed by atoms with Gasteiger partial charge in [0.15, 0.2) is 0 Å². The van der Waals surface area contributed by atoms with Crippen molar-refractivity contribution in [3.63, 3.8) is 0 Å². The smallest absolute Gasteiger partial charge is 0.312 e. The van der Waals surface area contributed by atoms with Gasteiger partial charge >= 0.3 is 5.69 Å². The number of nitro groups is 1. The van der Waals surface area contributed by atoms with Crippen LogP contribution >= 0.6 is 15.9 Å². The monoisotopic (exact) mass is 336 g/mol. The van der Waals surface area contributed by atoms with Crippen molar-refractivity contribution in [1.29, 1.82) is 0 Å². The lowest BCUT2D eigenvalue weighted by Crippen LogP contribution is -2.22. The number of rotatable bonds is 5. The standard InChI is InChI=1S/C13H13BrN4O2/c1-17(7-4-10-2-5-15-6-3-10)13-12(18(19)20)8-11(14)9-16-13/h2-3,5-6,8-9H,4,7H2,1H3. The lowest BCUT2D eigenvalue weighted by atomic mass is 10.2. The second kappa shape index (κ2) is 6.42. The molecule has 2 heterocycles. The molecule has 2 aromatic heterocycles. The first-order valence-electron chi connectivity index (χ1n) is 5.98. The number of pyridine rings is 2. The van der Waals surface area contributed by atoms with Crippen LogP contribution < -0.4 is 4.90 Å². The van der Waals surface area contributed by atoms with Crippen molar-refractivity contribution in [2.45, 2.75) is 6.42 Å². The van der Waals surface area contributed by atoms with Gasteiger partial charge in [-0.2, -0.15) is 0 Å². The molecule has 104 valence electrons. The Hall–Kier alpha value is -2.02. The predicted octanol–water partition coefficient (Wildman–Crippen LogP) is 2.83. The minimum absolute atomic E-state index is 0.00315. The van der Waals surface area contributed by atoms with Crippen molar-refractivity contribution in [3.8, 4) is 0 Å². The van der Waals surface area contributed by atoms with Gasteiger partial charge in [-0.1, -0.05) is 0 Å². The minimum atomic E-state index is -0.421. The highest BCUT2D eigenvalue weighted by Gasteiger charge is 2.19. The lowest BCUT2D eigenvalue weighted by molar-refractivity contribution is -0.384. The molecule has 7 heteroatoms. The molecule has 20 heavy (non-hydrogen) atoms. The van der Waals surface area contributed by atoms with Gasteiger partial charge in [-0.25, -0.2) is 4.98 Å². The number of hydrogen-bond donors (Lipinski definition) is 0. The molecule has 0 unspecified atom stereocenters. The highest BCUT2D eigenvalue weighted by molar-refractivity contribution is 9.10. The molecule has 0 aromatic carbocycles. The van der Waals surface area contributed by atoms with Crippen molar-refractivity contribution in [1.82, 2.24) is 9.97 Å². The van der Waals surface area contributed by atoms with E-state index in [1.807, 2.05) is 12.1 Å². The minimum Gasteiger partial charge on any atom is -0.354 e. The van der Waals surface area contributed by atoms with Gasteiger partial charge < -0.3 is 4.90 Å². The Morgan fingerprint density at radius 1 is 1.40 bits per heavy atom. The summed E-state index contributed by atoms with van der Waals surface area (Å²) < 4.78 is 0.593. The van der Waals surface area contributed by atoms with Crippen molar-refractivity contribution < 1.29 is 4.92 Å². The molecule has 0 saturated carbocycles. The first kappa shape index (κ1) is 14.4. The fraction of sp³-hybridized carbons (Fsp3) is 0.231. The molecule has 2 aromatic rings. The van der Waals surface area contributed by atoms with Crippen LogP contribution in [0.15, 0.2) is 41.3 Å². The third kappa shape index (κ3) is 3.51. The van der Waals surface area contributed by atoms with Gasteiger partial charge in [0.25, 0.3) is 0 Å². The summed E-state index contributed by atoms with van der Waals surface area (Å²) in [6.45, 7) is 0.638. The summed E-state index contributed by atoms with van der Waals surface area (Å²) in [6.07, 6.45) is 5.80. The van der Waals surface area contributed by atoms with Crippen LogP contribution in [-0.4, -0.2) is 28.5 Å². The topological polar surface area (TPSA) is 72.2 Å². The molecule has 0 radical (unpaired) electrons. The summed E-state index contributed by atoms with van der Waals surface area (Å²) in [5.41, 5.74) is 1.13. The van der Waals surface area contributed by atoms with Crippen LogP contribution in [0, 0.1) is 10.1 Å². The molecular weight excluding hydrogens is 324 g/mol. The van der Waals surface area contributed by atoms with E-state index >= 15 is 0 Å². The number of anilines is 1. The van der Waals surface area contributed by atoms with Gasteiger partial charge in [-0.3, -0.25) is 15.1 Å². The number of aromatic nitrogens is 2. The second-order valence-electron chi connectivity index (χ2n) is 4.28. The maximum atomic E-state index is 11.1. The van der Waals surface area contributed by atoms with Crippen LogP contribution in [0.25, 0.3) is 0 Å². The third-order valence-corrected chi connectivity index (χ3v) is 3.29. The van der Waals surface area contributed by atoms with E-state index in [4.69, 9.17) is 0 Å². The largest absolute Gasteiger partial charge is 0.354 e. The first-order valence-corrected chi connectivity index (χ1v) is 6.77. The SMILES string of the molecule is CN(CCc1ccncc1)c1ncc(Br)cc1[N+](=O)[O-]. The Labute approximate surface area is 124 Å². The summed E-state index contributed by atoms with van der Waals surface area (Å²) >= 11 is 3.20. The van der Waals surface area contributed by atoms with Crippen LogP contribution in [0.4, 0.5) is 11.5 Å². The van der Waals surface area contributed by atoms with Gasteiger partial charge in [0.05, 0.1) is 4.92 Å². The molecule has 0 aliphatic heterocycles. The molecule has 0 N–H and O–H groups in total. The predicted molar refractivity (Wildman–Crippen MR) is 79.8 cm³/mol. The van der Waals surface area contributed by atoms with Gasteiger partial charge in [-0.05, 0) is 40.0 Å². The van der Waals surface area contributed by atoms with E-state index in [-0.39, 0.29) is 5.69 Å². The molecule has 0 bridgehead atoms. The number of hydrogen-bond acceptors (Lipinski definition) is 5. The molecule has 0 aliphatic carbocycles. The summed E-state index contributed by atoms with van der Waals surface area (Å²) in [7, 11) is 1.80. The molecule has 2 rings (SSSR count). The summed E-state index contributed by atoms with van der Waals surface area (Å²) in [5.74, 6) is 0.368. The van der Waals surface area contributed by atoms with Gasteiger partial charge in [-0.15, -0.1) is 0 Å². The van der Waals surface area contributed by atoms with Crippen molar-refractivity contribution in [3.05, 3.63) is 56.9 Å². The first-order chi connectivity index (χ1) is 9.58. The van der Waals surface area contributed by atoms with E-state index in [0.29, 0.717) is 16.8 Å². The number of likely N-dealkylation sites (N-methyl/N-ethyl adjacent to an activating group) is 1. The molecule has 0 spiro atoms. The van der Waals surface area contributed by atoms with Gasteiger partial charge in [0, 0.05) is 42.7 Å². The van der Waals surface area contributed by atoms with Crippen LogP contribution in [0.1, 0.15) is 5.56 Å². The summed E-state index contributed by atoms with van der Waals surface area (Å²) in [5, 5.41) is 11.1. The van der Waals surface area contributed by atoms with E-state index < -0.39 is 4.92 Å². The molecule has 0 saturated heterocycles. The van der Waals surface area contributed by atoms with E-state index in [0.717, 1.165) is 12.0 Å². The zero-order chi connectivity index (χ0) is 14.5. The Morgan fingerprint density at radius 2 is 2.10 bits per heavy atom. The van der Waals surface area contributed by atoms with Crippen LogP contribution in [0.5, 0.6) is 0 Å². The van der Waals surface area contributed by atoms with Crippen molar-refractivity contribution in [2.75, 3.05) is 18.5 Å². The van der Waals surface area contributed by atoms with Crippen molar-refractivity contribution >= 4 is 27.4 Å².